The Morgan fingerprint density at radius 3 is 2.45 bits per heavy atom. The van der Waals surface area contributed by atoms with Crippen molar-refractivity contribution in [3.8, 4) is 0 Å². The van der Waals surface area contributed by atoms with Crippen LogP contribution >= 0.6 is 0 Å². The van der Waals surface area contributed by atoms with Gasteiger partial charge in [0.05, 0.1) is 18.4 Å². The van der Waals surface area contributed by atoms with Crippen molar-refractivity contribution >= 4 is 78.4 Å². The quantitative estimate of drug-likeness (QED) is 0.204. The first-order valence-corrected chi connectivity index (χ1v) is 9.33. The van der Waals surface area contributed by atoms with Gasteiger partial charge in [0, 0.05) is 17.7 Å². The second-order valence-corrected chi connectivity index (χ2v) is 6.71. The van der Waals surface area contributed by atoms with Gasteiger partial charge >= 0.3 is 55.2 Å². The molecule has 0 bridgehead atoms. The molecule has 0 saturated carbocycles. The normalized spacial score (nSPS) is 11.3. The molecular weight excluding hydrogens is 462 g/mol. The molecule has 0 spiro atoms. The van der Waals surface area contributed by atoms with E-state index < -0.39 is 29.4 Å². The van der Waals surface area contributed by atoms with Gasteiger partial charge in [-0.15, -0.1) is 0 Å². The van der Waals surface area contributed by atoms with Crippen molar-refractivity contribution in [3.05, 3.63) is 52.1 Å². The number of carboxylic acid groups (broad SMARTS) is 2. The fourth-order valence-electron chi connectivity index (χ4n) is 2.76. The number of hydrogen-bond acceptors (Lipinski definition) is 9. The minimum atomic E-state index is -1.31. The number of benzene rings is 1. The second-order valence-electron chi connectivity index (χ2n) is 6.71. The number of carbonyl (C=O) groups excluding carboxylic acids is 1. The number of nitrogen functional groups attached to an aromatic ring is 1. The van der Waals surface area contributed by atoms with Crippen molar-refractivity contribution in [2.24, 2.45) is 0 Å². The number of carbonyl (C=O) groups is 3. The first-order valence-electron chi connectivity index (χ1n) is 9.33. The number of hydrogen-bond donors (Lipinski definition) is 6. The van der Waals surface area contributed by atoms with Crippen molar-refractivity contribution in [1.82, 2.24) is 25.3 Å². The average molecular weight is 483 g/mol. The molecule has 0 unspecified atom stereocenters. The van der Waals surface area contributed by atoms with Crippen LogP contribution in [0.4, 0.5) is 11.6 Å². The third-order valence-corrected chi connectivity index (χ3v) is 4.36. The molecule has 0 saturated heterocycles. The number of aromatic nitrogens is 4. The Balaban J connectivity index is 0.00000385. The maximum atomic E-state index is 12.3. The molecule has 3 rings (SSSR count). The zero-order chi connectivity index (χ0) is 23.3. The van der Waals surface area contributed by atoms with Crippen LogP contribution in [0, 0.1) is 0 Å². The van der Waals surface area contributed by atoms with E-state index in [1.165, 1.54) is 18.3 Å². The van der Waals surface area contributed by atoms with Gasteiger partial charge in [-0.3, -0.25) is 14.4 Å². The molecule has 0 radical (unpaired) electrons. The molecule has 3 aromatic rings. The molecule has 0 aliphatic rings. The molecule has 170 valence electrons. The number of aliphatic carboxylic acids is 2. The van der Waals surface area contributed by atoms with Crippen LogP contribution in [0.15, 0.2) is 35.3 Å². The van der Waals surface area contributed by atoms with Gasteiger partial charge in [-0.1, -0.05) is 0 Å². The summed E-state index contributed by atoms with van der Waals surface area (Å²) in [7, 11) is 0. The van der Waals surface area contributed by atoms with Gasteiger partial charge in [0.1, 0.15) is 6.04 Å². The van der Waals surface area contributed by atoms with Crippen molar-refractivity contribution in [1.29, 1.82) is 0 Å². The Kier molecular flexibility index (Phi) is 9.08. The van der Waals surface area contributed by atoms with Crippen molar-refractivity contribution in [3.63, 3.8) is 0 Å². The Labute approximate surface area is 215 Å². The van der Waals surface area contributed by atoms with E-state index in [0.29, 0.717) is 11.4 Å². The van der Waals surface area contributed by atoms with E-state index in [4.69, 9.17) is 15.9 Å². The fraction of sp³-hybridized carbons (Fsp3) is 0.211. The summed E-state index contributed by atoms with van der Waals surface area (Å²) in [5.41, 5.74) is 6.47. The van der Waals surface area contributed by atoms with Crippen LogP contribution in [0.1, 0.15) is 28.9 Å². The van der Waals surface area contributed by atoms with E-state index in [0.717, 1.165) is 0 Å². The molecule has 2 heterocycles. The molecular formula is C19H21CaN7O6. The predicted octanol–water partition coefficient (Wildman–Crippen LogP) is -0.961. The van der Waals surface area contributed by atoms with Crippen LogP contribution in [0.5, 0.6) is 0 Å². The third kappa shape index (κ3) is 7.10. The molecule has 0 aliphatic heterocycles. The average Bonchev–Trinajstić information content (AvgIpc) is 2.75. The molecule has 0 fully saturated rings. The number of nitrogens with two attached hydrogens (primary N) is 1. The van der Waals surface area contributed by atoms with Crippen molar-refractivity contribution in [2.45, 2.75) is 25.4 Å². The molecule has 13 nitrogen and oxygen atoms in total. The number of carboxylic acids is 2. The molecule has 2 aromatic heterocycles. The Hall–Kier alpha value is -3.29. The number of nitrogens with one attached hydrogen (secondary N) is 3. The van der Waals surface area contributed by atoms with Gasteiger partial charge in [0.15, 0.2) is 11.2 Å². The molecule has 1 atom stereocenters. The number of rotatable bonds is 9. The first kappa shape index (κ1) is 26.0. The summed E-state index contributed by atoms with van der Waals surface area (Å²) in [6.07, 6.45) is 0.858. The number of anilines is 2. The summed E-state index contributed by atoms with van der Waals surface area (Å²) in [6.45, 7) is 0.231. The van der Waals surface area contributed by atoms with Gasteiger partial charge in [0.25, 0.3) is 5.91 Å². The standard InChI is InChI=1S/C19H19N7O6.Ca.2H/c20-19-25-15-14(17(30)26-19)23-11(8-22-15)7-21-10-3-1-9(2-4-10)16(29)24-12(18(31)32)5-6-13(27)28;;;/h1-4,8,12,21H,5-7H2,(H,24,29)(H,27,28)(H,31,32)(H3,20,22,25,26,30);;;/t12-;;;/m0.../s1. The summed E-state index contributed by atoms with van der Waals surface area (Å²) in [4.78, 5) is 60.5. The van der Waals surface area contributed by atoms with E-state index in [1.807, 2.05) is 0 Å². The van der Waals surface area contributed by atoms with Crippen LogP contribution in [0.25, 0.3) is 11.2 Å². The van der Waals surface area contributed by atoms with E-state index in [-0.39, 0.29) is 79.8 Å². The van der Waals surface area contributed by atoms with Gasteiger partial charge in [-0.25, -0.2) is 14.8 Å². The van der Waals surface area contributed by atoms with Gasteiger partial charge < -0.3 is 31.6 Å². The molecule has 14 heteroatoms. The van der Waals surface area contributed by atoms with Crippen molar-refractivity contribution in [2.75, 3.05) is 11.1 Å². The van der Waals surface area contributed by atoms with Gasteiger partial charge in [0.2, 0.25) is 5.95 Å². The molecule has 1 amide bonds. The monoisotopic (exact) mass is 483 g/mol. The Morgan fingerprint density at radius 2 is 1.82 bits per heavy atom. The molecule has 1 aromatic carbocycles. The summed E-state index contributed by atoms with van der Waals surface area (Å²) in [5.74, 6) is -3.16. The SMILES string of the molecule is Nc1nc(=O)c2nc(CNc3ccc(C(=O)N[C@@H](CCC(=O)O)C(=O)O)cc3)cnc2[nH]1.[CaH2]. The Bertz CT molecular complexity index is 1230. The molecule has 33 heavy (non-hydrogen) atoms. The number of nitrogens with zero attached hydrogens (tertiary/aromatic N) is 3. The molecule has 0 aliphatic carbocycles. The first-order chi connectivity index (χ1) is 15.2. The summed E-state index contributed by atoms with van der Waals surface area (Å²) >= 11 is 0. The zero-order valence-corrected chi connectivity index (χ0v) is 16.5. The van der Waals surface area contributed by atoms with E-state index in [2.05, 4.69) is 30.6 Å². The van der Waals surface area contributed by atoms with Crippen LogP contribution in [-0.2, 0) is 16.1 Å². The Morgan fingerprint density at radius 1 is 1.12 bits per heavy atom. The van der Waals surface area contributed by atoms with E-state index in [9.17, 15) is 19.2 Å². The van der Waals surface area contributed by atoms with Crippen LogP contribution in [0.3, 0.4) is 0 Å². The van der Waals surface area contributed by atoms with Crippen LogP contribution < -0.4 is 21.9 Å². The number of amides is 1. The van der Waals surface area contributed by atoms with Gasteiger partial charge in [-0.2, -0.15) is 4.98 Å². The predicted molar refractivity (Wildman–Crippen MR) is 120 cm³/mol. The minimum absolute atomic E-state index is 0. The third-order valence-electron chi connectivity index (χ3n) is 4.36. The number of fused-ring (bicyclic) bond motifs is 1. The zero-order valence-electron chi connectivity index (χ0n) is 16.5. The summed E-state index contributed by atoms with van der Waals surface area (Å²) in [5, 5.41) is 23.2. The summed E-state index contributed by atoms with van der Waals surface area (Å²) < 4.78 is 0. The molecule has 7 N–H and O–H groups in total. The topological polar surface area (TPSA) is 213 Å². The van der Waals surface area contributed by atoms with Crippen LogP contribution in [0.2, 0.25) is 0 Å². The van der Waals surface area contributed by atoms with Gasteiger partial charge in [-0.05, 0) is 30.7 Å². The fourth-order valence-corrected chi connectivity index (χ4v) is 2.76. The van der Waals surface area contributed by atoms with E-state index in [1.54, 1.807) is 12.1 Å². The summed E-state index contributed by atoms with van der Waals surface area (Å²) in [6, 6.07) is 4.86. The second kappa shape index (κ2) is 11.5. The van der Waals surface area contributed by atoms with Crippen molar-refractivity contribution < 1.29 is 24.6 Å². The van der Waals surface area contributed by atoms with E-state index >= 15 is 0 Å². The number of aromatic amines is 1. The van der Waals surface area contributed by atoms with Crippen LogP contribution in [-0.4, -0.2) is 91.8 Å². The maximum absolute atomic E-state index is 12.3. The number of H-pyrrole nitrogens is 1.